The van der Waals surface area contributed by atoms with Gasteiger partial charge in [-0.25, -0.2) is 0 Å². The van der Waals surface area contributed by atoms with Gasteiger partial charge in [0.2, 0.25) is 5.91 Å². The van der Waals surface area contributed by atoms with Crippen LogP contribution in [0.5, 0.6) is 0 Å². The van der Waals surface area contributed by atoms with E-state index in [-0.39, 0.29) is 12.5 Å². The van der Waals surface area contributed by atoms with Crippen molar-refractivity contribution in [1.29, 1.82) is 5.26 Å². The molecule has 1 aromatic carbocycles. The molecule has 1 amide bonds. The van der Waals surface area contributed by atoms with Crippen LogP contribution in [-0.2, 0) is 10.5 Å². The molecule has 0 saturated carbocycles. The second-order valence-corrected chi connectivity index (χ2v) is 4.83. The van der Waals surface area contributed by atoms with Crippen LogP contribution < -0.4 is 0 Å². The van der Waals surface area contributed by atoms with E-state index < -0.39 is 0 Å². The SMILES string of the molecule is CN(CCO)C(=O)CSCc1ccc(C#N)cc1. The van der Waals surface area contributed by atoms with Crippen molar-refractivity contribution in [2.24, 2.45) is 0 Å². The van der Waals surface area contributed by atoms with Crippen molar-refractivity contribution in [2.75, 3.05) is 26.0 Å². The molecule has 0 heterocycles. The minimum atomic E-state index is -0.0114. The van der Waals surface area contributed by atoms with Gasteiger partial charge >= 0.3 is 0 Å². The molecule has 0 aromatic heterocycles. The first-order valence-corrected chi connectivity index (χ1v) is 6.74. The topological polar surface area (TPSA) is 64.3 Å². The highest BCUT2D eigenvalue weighted by Crippen LogP contribution is 2.13. The van der Waals surface area contributed by atoms with Gasteiger partial charge in [0.1, 0.15) is 0 Å². The summed E-state index contributed by atoms with van der Waals surface area (Å²) in [5.74, 6) is 1.16. The summed E-state index contributed by atoms with van der Waals surface area (Å²) in [6.07, 6.45) is 0. The summed E-state index contributed by atoms with van der Waals surface area (Å²) < 4.78 is 0. The first-order valence-electron chi connectivity index (χ1n) is 5.59. The van der Waals surface area contributed by atoms with E-state index in [4.69, 9.17) is 10.4 Å². The highest BCUT2D eigenvalue weighted by atomic mass is 32.2. The number of carbonyl (C=O) groups is 1. The zero-order valence-corrected chi connectivity index (χ0v) is 11.1. The minimum Gasteiger partial charge on any atom is -0.395 e. The van der Waals surface area contributed by atoms with Crippen LogP contribution in [-0.4, -0.2) is 41.9 Å². The Morgan fingerprint density at radius 2 is 2.11 bits per heavy atom. The standard InChI is InChI=1S/C13H16N2O2S/c1-15(6-7-16)13(17)10-18-9-12-4-2-11(8-14)3-5-12/h2-5,16H,6-7,9-10H2,1H3. The summed E-state index contributed by atoms with van der Waals surface area (Å²) >= 11 is 1.53. The van der Waals surface area contributed by atoms with E-state index in [2.05, 4.69) is 6.07 Å². The summed E-state index contributed by atoms with van der Waals surface area (Å²) in [5, 5.41) is 17.4. The molecule has 0 atom stereocenters. The molecule has 1 N–H and O–H groups in total. The highest BCUT2D eigenvalue weighted by molar-refractivity contribution is 7.99. The molecule has 0 fully saturated rings. The number of amides is 1. The van der Waals surface area contributed by atoms with Crippen molar-refractivity contribution in [2.45, 2.75) is 5.75 Å². The van der Waals surface area contributed by atoms with E-state index in [1.54, 1.807) is 19.2 Å². The normalized spacial score (nSPS) is 9.83. The summed E-state index contributed by atoms with van der Waals surface area (Å²) in [6, 6.07) is 9.41. The molecule has 0 aliphatic heterocycles. The first kappa shape index (κ1) is 14.6. The minimum absolute atomic E-state index is 0.0114. The lowest BCUT2D eigenvalue weighted by atomic mass is 10.2. The molecule has 0 bridgehead atoms. The summed E-state index contributed by atoms with van der Waals surface area (Å²) in [7, 11) is 1.68. The zero-order valence-electron chi connectivity index (χ0n) is 10.3. The highest BCUT2D eigenvalue weighted by Gasteiger charge is 2.07. The molecule has 0 spiro atoms. The Morgan fingerprint density at radius 1 is 1.44 bits per heavy atom. The van der Waals surface area contributed by atoms with Crippen LogP contribution in [0.1, 0.15) is 11.1 Å². The van der Waals surface area contributed by atoms with Crippen LogP contribution in [0.4, 0.5) is 0 Å². The largest absolute Gasteiger partial charge is 0.395 e. The number of hydrogen-bond acceptors (Lipinski definition) is 4. The van der Waals surface area contributed by atoms with Crippen molar-refractivity contribution in [3.63, 3.8) is 0 Å². The number of nitrogens with zero attached hydrogens (tertiary/aromatic N) is 2. The van der Waals surface area contributed by atoms with Crippen LogP contribution in [0, 0.1) is 11.3 Å². The number of aliphatic hydroxyl groups is 1. The smallest absolute Gasteiger partial charge is 0.232 e. The van der Waals surface area contributed by atoms with Crippen molar-refractivity contribution in [1.82, 2.24) is 4.90 Å². The van der Waals surface area contributed by atoms with Gasteiger partial charge in [-0.05, 0) is 17.7 Å². The quantitative estimate of drug-likeness (QED) is 0.839. The van der Waals surface area contributed by atoms with Crippen molar-refractivity contribution >= 4 is 17.7 Å². The molecule has 1 aromatic rings. The first-order chi connectivity index (χ1) is 8.67. The number of carbonyl (C=O) groups excluding carboxylic acids is 1. The third kappa shape index (κ3) is 4.78. The second-order valence-electron chi connectivity index (χ2n) is 3.84. The van der Waals surface area contributed by atoms with Gasteiger partial charge < -0.3 is 10.0 Å². The number of aliphatic hydroxyl groups excluding tert-OH is 1. The summed E-state index contributed by atoms with van der Waals surface area (Å²) in [6.45, 7) is 0.360. The van der Waals surface area contributed by atoms with E-state index >= 15 is 0 Å². The summed E-state index contributed by atoms with van der Waals surface area (Å²) in [5.41, 5.74) is 1.74. The molecule has 0 aliphatic carbocycles. The van der Waals surface area contributed by atoms with Crippen molar-refractivity contribution in [3.8, 4) is 6.07 Å². The Bertz CT molecular complexity index is 426. The molecule has 18 heavy (non-hydrogen) atoms. The molecule has 0 saturated heterocycles. The maximum Gasteiger partial charge on any atom is 0.232 e. The Kier molecular flexibility index (Phi) is 6.26. The Morgan fingerprint density at radius 3 is 2.67 bits per heavy atom. The average Bonchev–Trinajstić information content (AvgIpc) is 2.39. The van der Waals surface area contributed by atoms with Crippen molar-refractivity contribution in [3.05, 3.63) is 35.4 Å². The van der Waals surface area contributed by atoms with Gasteiger partial charge in [-0.2, -0.15) is 5.26 Å². The monoisotopic (exact) mass is 264 g/mol. The number of nitriles is 1. The van der Waals surface area contributed by atoms with Gasteiger partial charge in [-0.3, -0.25) is 4.79 Å². The van der Waals surface area contributed by atoms with Gasteiger partial charge in [-0.15, -0.1) is 11.8 Å². The molecule has 5 heteroatoms. The van der Waals surface area contributed by atoms with Gasteiger partial charge in [-0.1, -0.05) is 12.1 Å². The van der Waals surface area contributed by atoms with Gasteiger partial charge in [0.05, 0.1) is 24.0 Å². The fourth-order valence-corrected chi connectivity index (χ4v) is 2.24. The number of benzene rings is 1. The third-order valence-electron chi connectivity index (χ3n) is 2.44. The molecular weight excluding hydrogens is 248 g/mol. The molecule has 0 unspecified atom stereocenters. The Hall–Kier alpha value is -1.51. The van der Waals surface area contributed by atoms with Crippen molar-refractivity contribution < 1.29 is 9.90 Å². The predicted molar refractivity (Wildman–Crippen MR) is 72.0 cm³/mol. The lowest BCUT2D eigenvalue weighted by molar-refractivity contribution is -0.127. The number of hydrogen-bond donors (Lipinski definition) is 1. The number of likely N-dealkylation sites (N-methyl/N-ethyl adjacent to an activating group) is 1. The lowest BCUT2D eigenvalue weighted by Crippen LogP contribution is -2.30. The lowest BCUT2D eigenvalue weighted by Gasteiger charge is -2.15. The number of rotatable bonds is 6. The second kappa shape index (κ2) is 7.75. The van der Waals surface area contributed by atoms with E-state index in [9.17, 15) is 4.79 Å². The van der Waals surface area contributed by atoms with Gasteiger partial charge in [0.25, 0.3) is 0 Å². The molecule has 4 nitrogen and oxygen atoms in total. The fourth-order valence-electron chi connectivity index (χ4n) is 1.32. The predicted octanol–water partition coefficient (Wildman–Crippen LogP) is 1.24. The van der Waals surface area contributed by atoms with Gasteiger partial charge in [0, 0.05) is 19.3 Å². The third-order valence-corrected chi connectivity index (χ3v) is 3.43. The zero-order chi connectivity index (χ0) is 13.4. The van der Waals surface area contributed by atoms with E-state index in [0.717, 1.165) is 11.3 Å². The molecule has 0 radical (unpaired) electrons. The Labute approximate surface area is 111 Å². The van der Waals surface area contributed by atoms with E-state index in [0.29, 0.717) is 17.9 Å². The molecule has 0 aliphatic rings. The van der Waals surface area contributed by atoms with E-state index in [1.165, 1.54) is 16.7 Å². The molecular formula is C13H16N2O2S. The number of thioether (sulfide) groups is 1. The van der Waals surface area contributed by atoms with Crippen LogP contribution in [0.3, 0.4) is 0 Å². The Balaban J connectivity index is 2.33. The van der Waals surface area contributed by atoms with E-state index in [1.807, 2.05) is 12.1 Å². The van der Waals surface area contributed by atoms with Crippen LogP contribution in [0.15, 0.2) is 24.3 Å². The van der Waals surface area contributed by atoms with Crippen LogP contribution in [0.2, 0.25) is 0 Å². The fraction of sp³-hybridized carbons (Fsp3) is 0.385. The molecule has 96 valence electrons. The maximum atomic E-state index is 11.6. The van der Waals surface area contributed by atoms with Crippen LogP contribution in [0.25, 0.3) is 0 Å². The average molecular weight is 264 g/mol. The van der Waals surface area contributed by atoms with Crippen LogP contribution >= 0.6 is 11.8 Å². The maximum absolute atomic E-state index is 11.6. The molecule has 1 rings (SSSR count). The van der Waals surface area contributed by atoms with Gasteiger partial charge in [0.15, 0.2) is 0 Å². The summed E-state index contributed by atoms with van der Waals surface area (Å²) in [4.78, 5) is 13.1.